The predicted octanol–water partition coefficient (Wildman–Crippen LogP) is 1.78. The summed E-state index contributed by atoms with van der Waals surface area (Å²) in [6, 6.07) is 8.01. The van der Waals surface area contributed by atoms with Crippen molar-refractivity contribution in [3.63, 3.8) is 0 Å². The zero-order valence-electron chi connectivity index (χ0n) is 7.41. The molecule has 0 aromatic heterocycles. The Balaban J connectivity index is 2.26. The topological polar surface area (TPSA) is 38.3 Å². The fourth-order valence-electron chi connectivity index (χ4n) is 1.53. The second kappa shape index (κ2) is 3.09. The lowest BCUT2D eigenvalue weighted by Gasteiger charge is -2.09. The average molecular weight is 177 g/mol. The van der Waals surface area contributed by atoms with Crippen molar-refractivity contribution in [3.8, 4) is 0 Å². The number of aryl methyl sites for hydroxylation is 1. The number of carbonyl (C=O) groups is 1. The van der Waals surface area contributed by atoms with Crippen LogP contribution in [0.2, 0.25) is 0 Å². The standard InChI is InChI=1S/C10H11NO2/c1-7-4-2-3-5-8(7)9-6-13-10(12)11-9/h2-5,9H,6H2,1H3,(H,11,12)/t9-/m0/s1. The second-order valence-corrected chi connectivity index (χ2v) is 3.15. The van der Waals surface area contributed by atoms with Crippen LogP contribution in [0, 0.1) is 6.92 Å². The highest BCUT2D eigenvalue weighted by Gasteiger charge is 2.24. The van der Waals surface area contributed by atoms with Crippen LogP contribution in [-0.4, -0.2) is 12.7 Å². The van der Waals surface area contributed by atoms with Crippen LogP contribution in [0.3, 0.4) is 0 Å². The number of amides is 1. The molecule has 0 unspecified atom stereocenters. The number of benzene rings is 1. The van der Waals surface area contributed by atoms with E-state index in [1.807, 2.05) is 31.2 Å². The van der Waals surface area contributed by atoms with Gasteiger partial charge < -0.3 is 10.1 Å². The summed E-state index contributed by atoms with van der Waals surface area (Å²) < 4.78 is 4.82. The number of alkyl carbamates (subject to hydrolysis) is 1. The molecule has 0 aliphatic carbocycles. The molecule has 0 radical (unpaired) electrons. The van der Waals surface area contributed by atoms with E-state index in [4.69, 9.17) is 4.74 Å². The molecule has 1 heterocycles. The van der Waals surface area contributed by atoms with E-state index in [0.29, 0.717) is 6.61 Å². The van der Waals surface area contributed by atoms with E-state index < -0.39 is 0 Å². The molecule has 1 aliphatic heterocycles. The molecule has 2 rings (SSSR count). The first-order valence-electron chi connectivity index (χ1n) is 4.26. The van der Waals surface area contributed by atoms with Crippen LogP contribution in [-0.2, 0) is 4.74 Å². The maximum Gasteiger partial charge on any atom is 0.407 e. The van der Waals surface area contributed by atoms with Gasteiger partial charge in [0.25, 0.3) is 0 Å². The van der Waals surface area contributed by atoms with E-state index in [1.165, 1.54) is 5.56 Å². The van der Waals surface area contributed by atoms with Gasteiger partial charge in [-0.2, -0.15) is 0 Å². The highest BCUT2D eigenvalue weighted by molar-refractivity contribution is 5.70. The van der Waals surface area contributed by atoms with Crippen molar-refractivity contribution in [1.29, 1.82) is 0 Å². The van der Waals surface area contributed by atoms with Crippen LogP contribution in [0.4, 0.5) is 4.79 Å². The molecule has 1 aliphatic rings. The van der Waals surface area contributed by atoms with Gasteiger partial charge in [0, 0.05) is 0 Å². The molecule has 0 saturated carbocycles. The molecule has 3 nitrogen and oxygen atoms in total. The van der Waals surface area contributed by atoms with Crippen molar-refractivity contribution in [1.82, 2.24) is 5.32 Å². The fourth-order valence-corrected chi connectivity index (χ4v) is 1.53. The second-order valence-electron chi connectivity index (χ2n) is 3.15. The SMILES string of the molecule is Cc1ccccc1[C@@H]1COC(=O)N1. The Kier molecular flexibility index (Phi) is 1.93. The van der Waals surface area contributed by atoms with E-state index in [1.54, 1.807) is 0 Å². The molecule has 1 N–H and O–H groups in total. The van der Waals surface area contributed by atoms with Crippen molar-refractivity contribution in [2.24, 2.45) is 0 Å². The van der Waals surface area contributed by atoms with Crippen LogP contribution in [0.5, 0.6) is 0 Å². The van der Waals surface area contributed by atoms with Gasteiger partial charge in [-0.05, 0) is 18.1 Å². The number of hydrogen-bond acceptors (Lipinski definition) is 2. The van der Waals surface area contributed by atoms with Crippen LogP contribution in [0.25, 0.3) is 0 Å². The molecule has 1 amide bonds. The molecule has 68 valence electrons. The van der Waals surface area contributed by atoms with E-state index in [9.17, 15) is 4.79 Å². The Morgan fingerprint density at radius 1 is 1.46 bits per heavy atom. The van der Waals surface area contributed by atoms with Crippen LogP contribution < -0.4 is 5.32 Å². The molecule has 0 bridgehead atoms. The van der Waals surface area contributed by atoms with Crippen molar-refractivity contribution in [2.75, 3.05) is 6.61 Å². The molecule has 13 heavy (non-hydrogen) atoms. The molecule has 1 aromatic rings. The number of ether oxygens (including phenoxy) is 1. The third-order valence-corrected chi connectivity index (χ3v) is 2.24. The van der Waals surface area contributed by atoms with Gasteiger partial charge in [0.05, 0.1) is 6.04 Å². The number of cyclic esters (lactones) is 1. The number of carbonyl (C=O) groups excluding carboxylic acids is 1. The molecule has 1 aromatic carbocycles. The largest absolute Gasteiger partial charge is 0.447 e. The van der Waals surface area contributed by atoms with Gasteiger partial charge in [0.2, 0.25) is 0 Å². The third-order valence-electron chi connectivity index (χ3n) is 2.24. The summed E-state index contributed by atoms with van der Waals surface area (Å²) in [5, 5.41) is 2.75. The lowest BCUT2D eigenvalue weighted by molar-refractivity contribution is 0.177. The van der Waals surface area contributed by atoms with Crippen molar-refractivity contribution >= 4 is 6.09 Å². The Morgan fingerprint density at radius 3 is 2.85 bits per heavy atom. The quantitative estimate of drug-likeness (QED) is 0.710. The summed E-state index contributed by atoms with van der Waals surface area (Å²) in [4.78, 5) is 10.8. The fraction of sp³-hybridized carbons (Fsp3) is 0.300. The first-order valence-corrected chi connectivity index (χ1v) is 4.26. The van der Waals surface area contributed by atoms with Gasteiger partial charge >= 0.3 is 6.09 Å². The summed E-state index contributed by atoms with van der Waals surface area (Å²) in [6.07, 6.45) is -0.326. The van der Waals surface area contributed by atoms with Crippen LogP contribution in [0.15, 0.2) is 24.3 Å². The highest BCUT2D eigenvalue weighted by Crippen LogP contribution is 2.20. The summed E-state index contributed by atoms with van der Waals surface area (Å²) in [7, 11) is 0. The van der Waals surface area contributed by atoms with Crippen LogP contribution >= 0.6 is 0 Å². The minimum absolute atomic E-state index is 0.0219. The number of rotatable bonds is 1. The smallest absolute Gasteiger partial charge is 0.407 e. The van der Waals surface area contributed by atoms with Gasteiger partial charge in [-0.15, -0.1) is 0 Å². The highest BCUT2D eigenvalue weighted by atomic mass is 16.6. The minimum atomic E-state index is -0.326. The first-order chi connectivity index (χ1) is 6.27. The molecular weight excluding hydrogens is 166 g/mol. The monoisotopic (exact) mass is 177 g/mol. The average Bonchev–Trinajstić information content (AvgIpc) is 2.53. The van der Waals surface area contributed by atoms with E-state index >= 15 is 0 Å². The molecule has 1 fully saturated rings. The van der Waals surface area contributed by atoms with E-state index in [2.05, 4.69) is 5.32 Å². The molecule has 1 atom stereocenters. The molecular formula is C10H11NO2. The summed E-state index contributed by atoms with van der Waals surface area (Å²) in [6.45, 7) is 2.46. The molecule has 1 saturated heterocycles. The van der Waals surface area contributed by atoms with E-state index in [0.717, 1.165) is 5.56 Å². The van der Waals surface area contributed by atoms with Crippen molar-refractivity contribution < 1.29 is 9.53 Å². The lowest BCUT2D eigenvalue weighted by atomic mass is 10.0. The zero-order valence-corrected chi connectivity index (χ0v) is 7.41. The summed E-state index contributed by atoms with van der Waals surface area (Å²) >= 11 is 0. The maximum absolute atomic E-state index is 10.8. The van der Waals surface area contributed by atoms with Gasteiger partial charge in [-0.25, -0.2) is 4.79 Å². The minimum Gasteiger partial charge on any atom is -0.447 e. The van der Waals surface area contributed by atoms with Crippen molar-refractivity contribution in [2.45, 2.75) is 13.0 Å². The van der Waals surface area contributed by atoms with E-state index in [-0.39, 0.29) is 12.1 Å². The van der Waals surface area contributed by atoms with Crippen molar-refractivity contribution in [3.05, 3.63) is 35.4 Å². The summed E-state index contributed by atoms with van der Waals surface area (Å²) in [5.74, 6) is 0. The lowest BCUT2D eigenvalue weighted by Crippen LogP contribution is -2.18. The zero-order chi connectivity index (χ0) is 9.26. The van der Waals surface area contributed by atoms with Gasteiger partial charge in [-0.3, -0.25) is 0 Å². The normalized spacial score (nSPS) is 21.0. The Bertz CT molecular complexity index is 335. The maximum atomic E-state index is 10.8. The molecule has 3 heteroatoms. The van der Waals surface area contributed by atoms with Gasteiger partial charge in [0.15, 0.2) is 0 Å². The van der Waals surface area contributed by atoms with Crippen LogP contribution in [0.1, 0.15) is 17.2 Å². The summed E-state index contributed by atoms with van der Waals surface area (Å²) in [5.41, 5.74) is 2.31. The first kappa shape index (κ1) is 8.10. The Morgan fingerprint density at radius 2 is 2.23 bits per heavy atom. The Labute approximate surface area is 76.7 Å². The number of nitrogens with one attached hydrogen (secondary N) is 1. The molecule has 0 spiro atoms. The predicted molar refractivity (Wildman–Crippen MR) is 48.4 cm³/mol. The Hall–Kier alpha value is -1.51. The van der Waals surface area contributed by atoms with Gasteiger partial charge in [-0.1, -0.05) is 24.3 Å². The third kappa shape index (κ3) is 1.49. The number of hydrogen-bond donors (Lipinski definition) is 1. The van der Waals surface area contributed by atoms with Gasteiger partial charge in [0.1, 0.15) is 6.61 Å².